The molecule has 0 aromatic rings. The molecule has 12 heavy (non-hydrogen) atoms. The van der Waals surface area contributed by atoms with Crippen LogP contribution in [0.4, 0.5) is 0 Å². The van der Waals surface area contributed by atoms with Crippen molar-refractivity contribution >= 4 is 41.1 Å². The molecule has 12 heteroatoms. The van der Waals surface area contributed by atoms with E-state index in [1.165, 1.54) is 0 Å². The minimum absolute atomic E-state index is 0. The van der Waals surface area contributed by atoms with Gasteiger partial charge in [0, 0.05) is 0 Å². The molecule has 0 unspecified atom stereocenters. The Labute approximate surface area is 174 Å². The summed E-state index contributed by atoms with van der Waals surface area (Å²) >= 11 is -8.59. The van der Waals surface area contributed by atoms with Crippen molar-refractivity contribution in [3.8, 4) is 0 Å². The van der Waals surface area contributed by atoms with E-state index in [2.05, 4.69) is 0 Å². The second-order valence-corrected chi connectivity index (χ2v) is 3.35. The second-order valence-electron chi connectivity index (χ2n) is 0.500. The van der Waals surface area contributed by atoms with Gasteiger partial charge in [-0.1, -0.05) is 0 Å². The third kappa shape index (κ3) is 117. The van der Waals surface area contributed by atoms with E-state index in [9.17, 15) is 0 Å². The van der Waals surface area contributed by atoms with Crippen molar-refractivity contribution in [2.24, 2.45) is 0 Å². The molecule has 6 nitrogen and oxygen atoms in total. The maximum absolute atomic E-state index is 8.61. The quantitative estimate of drug-likeness (QED) is 0.355. The molecule has 0 aliphatic heterocycles. The first-order valence-corrected chi connectivity index (χ1v) is 8.22. The first-order valence-electron chi connectivity index (χ1n) is 1.22. The van der Waals surface area contributed by atoms with Gasteiger partial charge in [-0.05, 0) is 0 Å². The first-order chi connectivity index (χ1) is 3.46. The molecule has 0 saturated heterocycles. The predicted octanol–water partition coefficient (Wildman–Crippen LogP) is -17.7. The Morgan fingerprint density at radius 1 is 0.583 bits per heavy atom. The van der Waals surface area contributed by atoms with Gasteiger partial charge >= 0.3 is 179 Å². The van der Waals surface area contributed by atoms with Gasteiger partial charge in [-0.3, -0.25) is 0 Å². The molecule has 0 aliphatic carbocycles. The molecule has 0 aromatic carbocycles. The van der Waals surface area contributed by atoms with Crippen molar-refractivity contribution < 1.29 is 138 Å². The summed E-state index contributed by atoms with van der Waals surface area (Å²) in [5, 5.41) is 0. The van der Waals surface area contributed by atoms with Crippen LogP contribution in [0.3, 0.4) is 0 Å². The third-order valence-electron chi connectivity index (χ3n) is 0. The fraction of sp³-hybridized carbons (Fsp3) is 0. The van der Waals surface area contributed by atoms with Crippen LogP contribution in [0.15, 0.2) is 0 Å². The topological polar surface area (TPSA) is 126 Å². The third-order valence-corrected chi connectivity index (χ3v) is 0. The molecule has 0 radical (unpaired) electrons. The fourth-order valence-electron chi connectivity index (χ4n) is 0. The molecule has 48 valence electrons. The molecule has 0 N–H and O–H groups in total. The van der Waals surface area contributed by atoms with Gasteiger partial charge in [0.2, 0.25) is 0 Å². The molecular formula is Na4O6Sn2. The molecular weight excluding hydrogens is 425 g/mol. The van der Waals surface area contributed by atoms with E-state index in [0.29, 0.717) is 0 Å². The van der Waals surface area contributed by atoms with Crippen LogP contribution < -0.4 is 132 Å². The normalized spacial score (nSPS) is 4.33. The zero-order valence-corrected chi connectivity index (χ0v) is 21.2. The molecule has 0 saturated carbocycles. The average molecular weight is 425 g/mol. The first kappa shape index (κ1) is 36.0. The Kier molecular flexibility index (Phi) is 89.2. The molecule has 0 fully saturated rings. The molecule has 0 spiro atoms. The van der Waals surface area contributed by atoms with Gasteiger partial charge < -0.3 is 0 Å². The average Bonchev–Trinajstić information content (AvgIpc) is 1.25. The summed E-state index contributed by atoms with van der Waals surface area (Å²) in [6, 6.07) is 0. The van der Waals surface area contributed by atoms with Gasteiger partial charge in [0.15, 0.2) is 0 Å². The van der Waals surface area contributed by atoms with Crippen LogP contribution in [0.2, 0.25) is 0 Å². The van der Waals surface area contributed by atoms with Crippen LogP contribution in [-0.2, 0) is 6.15 Å². The van der Waals surface area contributed by atoms with Crippen LogP contribution in [-0.4, -0.2) is 41.1 Å². The van der Waals surface area contributed by atoms with E-state index < -0.39 is 41.1 Å². The van der Waals surface area contributed by atoms with Gasteiger partial charge in [0.25, 0.3) is 0 Å². The minimum atomic E-state index is -4.29. The Bertz CT molecular complexity index is 75.5. The Morgan fingerprint density at radius 2 is 0.583 bits per heavy atom. The van der Waals surface area contributed by atoms with Crippen LogP contribution in [0.1, 0.15) is 0 Å². The van der Waals surface area contributed by atoms with Crippen molar-refractivity contribution in [3.05, 3.63) is 0 Å². The van der Waals surface area contributed by atoms with E-state index in [4.69, 9.17) is 19.9 Å². The zero-order valence-electron chi connectivity index (χ0n) is 7.45. The van der Waals surface area contributed by atoms with Crippen molar-refractivity contribution in [2.45, 2.75) is 0 Å². The summed E-state index contributed by atoms with van der Waals surface area (Å²) in [5.74, 6) is 0. The Morgan fingerprint density at radius 3 is 0.583 bits per heavy atom. The molecule has 0 aromatic heterocycles. The number of hydrogen-bond acceptors (Lipinski definition) is 6. The molecule has 0 heterocycles. The molecule has 0 rings (SSSR count). The summed E-state index contributed by atoms with van der Waals surface area (Å²) < 4.78 is 51.7. The molecule has 0 bridgehead atoms. The van der Waals surface area contributed by atoms with E-state index in [1.54, 1.807) is 0 Å². The summed E-state index contributed by atoms with van der Waals surface area (Å²) in [5.41, 5.74) is 0. The Hall–Kier alpha value is 5.04. The molecule has 0 atom stereocenters. The van der Waals surface area contributed by atoms with Crippen molar-refractivity contribution in [2.75, 3.05) is 0 Å². The van der Waals surface area contributed by atoms with Crippen LogP contribution in [0.5, 0.6) is 0 Å². The predicted molar refractivity (Wildman–Crippen MR) is 12.9 cm³/mol. The standard InChI is InChI=1S/4Na.6O.2Sn/q4*+1;;;4*-1;;. The van der Waals surface area contributed by atoms with Crippen LogP contribution >= 0.6 is 0 Å². The van der Waals surface area contributed by atoms with Crippen molar-refractivity contribution in [1.29, 1.82) is 0 Å². The van der Waals surface area contributed by atoms with Gasteiger partial charge in [0.05, 0.1) is 0 Å². The van der Waals surface area contributed by atoms with Crippen molar-refractivity contribution in [3.63, 3.8) is 0 Å². The van der Waals surface area contributed by atoms with Gasteiger partial charge in [-0.15, -0.1) is 0 Å². The number of hydrogen-bond donors (Lipinski definition) is 0. The van der Waals surface area contributed by atoms with Crippen LogP contribution in [0, 0.1) is 0 Å². The van der Waals surface area contributed by atoms with Gasteiger partial charge in [-0.25, -0.2) is 0 Å². The van der Waals surface area contributed by atoms with Crippen molar-refractivity contribution in [1.82, 2.24) is 0 Å². The van der Waals surface area contributed by atoms with Crippen LogP contribution in [0.25, 0.3) is 0 Å². The monoisotopic (exact) mass is 428 g/mol. The SMILES string of the molecule is [Na+].[Na+].[Na+].[Na+].[O]=[Sn]([O-])[O-].[O]=[Sn]([O-])[O-]. The number of rotatable bonds is 0. The van der Waals surface area contributed by atoms with E-state index >= 15 is 0 Å². The van der Waals surface area contributed by atoms with E-state index in [0.717, 1.165) is 0 Å². The molecule has 0 aliphatic rings. The van der Waals surface area contributed by atoms with Gasteiger partial charge in [0.1, 0.15) is 0 Å². The summed E-state index contributed by atoms with van der Waals surface area (Å²) in [4.78, 5) is 0. The summed E-state index contributed by atoms with van der Waals surface area (Å²) in [6.45, 7) is 0. The fourth-order valence-corrected chi connectivity index (χ4v) is 0. The summed E-state index contributed by atoms with van der Waals surface area (Å²) in [7, 11) is 0. The Balaban J connectivity index is -0.0000000112. The zero-order chi connectivity index (χ0) is 7.15. The second kappa shape index (κ2) is 29.8. The van der Waals surface area contributed by atoms with E-state index in [1.807, 2.05) is 0 Å². The van der Waals surface area contributed by atoms with E-state index in [-0.39, 0.29) is 118 Å². The maximum atomic E-state index is 8.61. The van der Waals surface area contributed by atoms with Gasteiger partial charge in [-0.2, -0.15) is 0 Å². The summed E-state index contributed by atoms with van der Waals surface area (Å²) in [6.07, 6.45) is 0. The molecule has 0 amide bonds.